The minimum Gasteiger partial charge on any atom is -0.494 e. The summed E-state index contributed by atoms with van der Waals surface area (Å²) in [6, 6.07) is 25.9. The van der Waals surface area contributed by atoms with Gasteiger partial charge >= 0.3 is 0 Å². The normalized spacial score (nSPS) is 11.6. The summed E-state index contributed by atoms with van der Waals surface area (Å²) in [5.41, 5.74) is 1.22. The molecular formula is C47H72O3. The highest BCUT2D eigenvalue weighted by molar-refractivity contribution is 5.49. The molecule has 3 rings (SSSR count). The van der Waals surface area contributed by atoms with Crippen LogP contribution in [-0.2, 0) is 5.60 Å². The minimum atomic E-state index is -1.27. The van der Waals surface area contributed by atoms with Crippen LogP contribution in [0.1, 0.15) is 185 Å². The highest BCUT2D eigenvalue weighted by atomic mass is 16.5. The molecule has 0 bridgehead atoms. The SMILES string of the molecule is CCCCCCCCCCCCCCOc1ccc(C(O)(c2ccccc2)c2ccc(OCCCCCCCCCCCCCC)cc2)cc1. The van der Waals surface area contributed by atoms with Crippen LogP contribution in [0.4, 0.5) is 0 Å². The Bertz CT molecular complexity index is 1110. The topological polar surface area (TPSA) is 38.7 Å². The maximum atomic E-state index is 12.3. The third-order valence-electron chi connectivity index (χ3n) is 10.3. The van der Waals surface area contributed by atoms with Crippen LogP contribution in [0, 0.1) is 0 Å². The molecule has 0 atom stereocenters. The van der Waals surface area contributed by atoms with Gasteiger partial charge in [0.2, 0.25) is 0 Å². The smallest absolute Gasteiger partial charge is 0.140 e. The Morgan fingerprint density at radius 2 is 0.640 bits per heavy atom. The Morgan fingerprint density at radius 1 is 0.360 bits per heavy atom. The number of ether oxygens (including phenoxy) is 2. The molecule has 0 spiro atoms. The summed E-state index contributed by atoms with van der Waals surface area (Å²) in [4.78, 5) is 0. The van der Waals surface area contributed by atoms with Gasteiger partial charge in [0.05, 0.1) is 13.2 Å². The highest BCUT2D eigenvalue weighted by Crippen LogP contribution is 2.38. The summed E-state index contributed by atoms with van der Waals surface area (Å²) in [7, 11) is 0. The van der Waals surface area contributed by atoms with E-state index in [4.69, 9.17) is 9.47 Å². The van der Waals surface area contributed by atoms with Crippen molar-refractivity contribution in [3.8, 4) is 11.5 Å². The van der Waals surface area contributed by atoms with Gasteiger partial charge in [0.25, 0.3) is 0 Å². The molecule has 0 heterocycles. The van der Waals surface area contributed by atoms with Gasteiger partial charge in [0.15, 0.2) is 0 Å². The molecule has 0 amide bonds. The number of benzene rings is 3. The van der Waals surface area contributed by atoms with Crippen molar-refractivity contribution >= 4 is 0 Å². The van der Waals surface area contributed by atoms with Gasteiger partial charge in [-0.1, -0.05) is 210 Å². The monoisotopic (exact) mass is 685 g/mol. The molecule has 0 aliphatic rings. The van der Waals surface area contributed by atoms with Gasteiger partial charge in [-0.3, -0.25) is 0 Å². The lowest BCUT2D eigenvalue weighted by atomic mass is 9.80. The van der Waals surface area contributed by atoms with Crippen LogP contribution in [0.3, 0.4) is 0 Å². The van der Waals surface area contributed by atoms with Crippen LogP contribution in [0.2, 0.25) is 0 Å². The second kappa shape index (κ2) is 26.9. The molecule has 1 N–H and O–H groups in total. The lowest BCUT2D eigenvalue weighted by Gasteiger charge is -2.30. The quantitative estimate of drug-likeness (QED) is 0.0541. The van der Waals surface area contributed by atoms with Crippen molar-refractivity contribution < 1.29 is 14.6 Å². The fraction of sp³-hybridized carbons (Fsp3) is 0.617. The Hall–Kier alpha value is -2.78. The van der Waals surface area contributed by atoms with E-state index in [9.17, 15) is 5.11 Å². The van der Waals surface area contributed by atoms with E-state index in [1.807, 2.05) is 78.9 Å². The van der Waals surface area contributed by atoms with Gasteiger partial charge in [-0.05, 0) is 53.8 Å². The van der Waals surface area contributed by atoms with E-state index in [2.05, 4.69) is 13.8 Å². The van der Waals surface area contributed by atoms with E-state index >= 15 is 0 Å². The molecule has 0 aromatic heterocycles. The lowest BCUT2D eigenvalue weighted by Crippen LogP contribution is -2.28. The van der Waals surface area contributed by atoms with E-state index in [1.54, 1.807) is 0 Å². The maximum absolute atomic E-state index is 12.3. The third kappa shape index (κ3) is 16.5. The second-order valence-electron chi connectivity index (χ2n) is 14.6. The van der Waals surface area contributed by atoms with Gasteiger partial charge in [0, 0.05) is 0 Å². The predicted molar refractivity (Wildman–Crippen MR) is 215 cm³/mol. The molecule has 0 radical (unpaired) electrons. The number of aliphatic hydroxyl groups is 1. The molecular weight excluding hydrogens is 613 g/mol. The van der Waals surface area contributed by atoms with E-state index < -0.39 is 5.60 Å². The average Bonchev–Trinajstić information content (AvgIpc) is 3.16. The van der Waals surface area contributed by atoms with Crippen LogP contribution in [0.15, 0.2) is 78.9 Å². The van der Waals surface area contributed by atoms with Crippen molar-refractivity contribution in [3.63, 3.8) is 0 Å². The summed E-state index contributed by atoms with van der Waals surface area (Å²) >= 11 is 0. The first-order valence-electron chi connectivity index (χ1n) is 20.9. The summed E-state index contributed by atoms with van der Waals surface area (Å²) in [5, 5.41) is 12.3. The second-order valence-corrected chi connectivity index (χ2v) is 14.6. The largest absolute Gasteiger partial charge is 0.494 e. The molecule has 278 valence electrons. The van der Waals surface area contributed by atoms with Crippen molar-refractivity contribution in [2.75, 3.05) is 13.2 Å². The van der Waals surface area contributed by atoms with Crippen LogP contribution in [-0.4, -0.2) is 18.3 Å². The maximum Gasteiger partial charge on any atom is 0.140 e. The zero-order chi connectivity index (χ0) is 35.4. The predicted octanol–water partition coefficient (Wildman–Crippen LogP) is 14.1. The van der Waals surface area contributed by atoms with Crippen molar-refractivity contribution in [2.45, 2.75) is 174 Å². The zero-order valence-corrected chi connectivity index (χ0v) is 32.2. The highest BCUT2D eigenvalue weighted by Gasteiger charge is 2.33. The van der Waals surface area contributed by atoms with Crippen molar-refractivity contribution in [2.24, 2.45) is 0 Å². The molecule has 0 unspecified atom stereocenters. The van der Waals surface area contributed by atoms with Gasteiger partial charge in [0.1, 0.15) is 17.1 Å². The van der Waals surface area contributed by atoms with Crippen LogP contribution in [0.5, 0.6) is 11.5 Å². The van der Waals surface area contributed by atoms with E-state index in [1.165, 1.54) is 141 Å². The van der Waals surface area contributed by atoms with E-state index in [-0.39, 0.29) is 0 Å². The molecule has 3 heteroatoms. The van der Waals surface area contributed by atoms with Gasteiger partial charge in [-0.2, -0.15) is 0 Å². The Balaban J connectivity index is 1.38. The van der Waals surface area contributed by atoms with Gasteiger partial charge in [-0.25, -0.2) is 0 Å². The van der Waals surface area contributed by atoms with E-state index in [0.29, 0.717) is 0 Å². The van der Waals surface area contributed by atoms with Crippen molar-refractivity contribution in [1.82, 2.24) is 0 Å². The van der Waals surface area contributed by atoms with Crippen LogP contribution < -0.4 is 9.47 Å². The standard InChI is InChI=1S/C47H72O3/c1-3-5-7-9-11-13-15-17-19-21-23-28-40-49-45-36-32-43(33-37-45)47(48,42-30-26-25-27-31-42)44-34-38-46(39-35-44)50-41-29-24-22-20-18-16-14-12-10-8-6-4-2/h25-27,30-39,48H,3-24,28-29,40-41H2,1-2H3. The van der Waals surface area contributed by atoms with Crippen LogP contribution in [0.25, 0.3) is 0 Å². The Morgan fingerprint density at radius 3 is 0.960 bits per heavy atom. The molecule has 0 fully saturated rings. The molecule has 0 saturated heterocycles. The summed E-state index contributed by atoms with van der Waals surface area (Å²) in [6.45, 7) is 6.04. The molecule has 0 aliphatic heterocycles. The molecule has 3 aromatic rings. The van der Waals surface area contributed by atoms with Crippen molar-refractivity contribution in [3.05, 3.63) is 95.6 Å². The average molecular weight is 685 g/mol. The molecule has 0 saturated carbocycles. The molecule has 3 aromatic carbocycles. The lowest BCUT2D eigenvalue weighted by molar-refractivity contribution is 0.125. The van der Waals surface area contributed by atoms with Gasteiger partial charge in [-0.15, -0.1) is 0 Å². The summed E-state index contributed by atoms with van der Waals surface area (Å²) in [5.74, 6) is 1.71. The molecule has 3 nitrogen and oxygen atoms in total. The Labute approximate surface area is 307 Å². The molecule has 50 heavy (non-hydrogen) atoms. The first-order chi connectivity index (χ1) is 24.7. The number of hydrogen-bond acceptors (Lipinski definition) is 3. The minimum absolute atomic E-state index is 0.737. The fourth-order valence-corrected chi connectivity index (χ4v) is 7.03. The Kier molecular flexibility index (Phi) is 22.4. The first-order valence-corrected chi connectivity index (χ1v) is 20.9. The molecule has 0 aliphatic carbocycles. The van der Waals surface area contributed by atoms with E-state index in [0.717, 1.165) is 54.2 Å². The summed E-state index contributed by atoms with van der Waals surface area (Å²) < 4.78 is 12.2. The third-order valence-corrected chi connectivity index (χ3v) is 10.3. The number of hydrogen-bond donors (Lipinski definition) is 1. The summed E-state index contributed by atoms with van der Waals surface area (Å²) in [6.07, 6.45) is 32.2. The first kappa shape index (κ1) is 41.6. The number of unbranched alkanes of at least 4 members (excludes halogenated alkanes) is 22. The fourth-order valence-electron chi connectivity index (χ4n) is 7.03. The van der Waals surface area contributed by atoms with Crippen molar-refractivity contribution in [1.29, 1.82) is 0 Å². The zero-order valence-electron chi connectivity index (χ0n) is 32.2. The number of rotatable bonds is 31. The van der Waals surface area contributed by atoms with Gasteiger partial charge < -0.3 is 14.6 Å². The van der Waals surface area contributed by atoms with Crippen LogP contribution >= 0.6 is 0 Å².